The Morgan fingerprint density at radius 2 is 2.16 bits per heavy atom. The lowest BCUT2D eigenvalue weighted by molar-refractivity contribution is -0.137. The van der Waals surface area contributed by atoms with Gasteiger partial charge in [0.25, 0.3) is 5.91 Å². The van der Waals surface area contributed by atoms with Crippen molar-refractivity contribution in [2.45, 2.75) is 33.1 Å². The van der Waals surface area contributed by atoms with Crippen molar-refractivity contribution in [3.63, 3.8) is 0 Å². The average molecular weight is 268 g/mol. The summed E-state index contributed by atoms with van der Waals surface area (Å²) < 4.78 is 4.74. The Balaban J connectivity index is 2.32. The minimum atomic E-state index is -0.781. The predicted octanol–water partition coefficient (Wildman–Crippen LogP) is 1.93. The van der Waals surface area contributed by atoms with Gasteiger partial charge in [0.05, 0.1) is 6.20 Å². The molecule has 1 amide bonds. The van der Waals surface area contributed by atoms with Crippen LogP contribution in [-0.2, 0) is 4.79 Å². The minimum Gasteiger partial charge on any atom is -0.481 e. The summed E-state index contributed by atoms with van der Waals surface area (Å²) >= 11 is 0. The zero-order chi connectivity index (χ0) is 14.3. The van der Waals surface area contributed by atoms with Crippen LogP contribution >= 0.6 is 0 Å². The first-order chi connectivity index (χ1) is 9.00. The third-order valence-corrected chi connectivity index (χ3v) is 3.13. The number of hydrogen-bond acceptors (Lipinski definition) is 4. The topological polar surface area (TPSA) is 92.4 Å². The van der Waals surface area contributed by atoms with Crippen LogP contribution in [0.25, 0.3) is 0 Å². The van der Waals surface area contributed by atoms with Crippen molar-refractivity contribution in [2.24, 2.45) is 11.8 Å². The molecule has 0 aliphatic heterocycles. The fourth-order valence-corrected chi connectivity index (χ4v) is 1.91. The highest BCUT2D eigenvalue weighted by Gasteiger charge is 2.16. The van der Waals surface area contributed by atoms with E-state index in [0.717, 1.165) is 6.42 Å². The quantitative estimate of drug-likeness (QED) is 0.751. The number of rotatable bonds is 8. The molecule has 0 fully saturated rings. The van der Waals surface area contributed by atoms with Gasteiger partial charge in [-0.3, -0.25) is 9.59 Å². The first kappa shape index (κ1) is 15.2. The van der Waals surface area contributed by atoms with Gasteiger partial charge in [-0.25, -0.2) is 0 Å². The molecular weight excluding hydrogens is 248 g/mol. The second kappa shape index (κ2) is 7.56. The first-order valence-corrected chi connectivity index (χ1v) is 6.41. The predicted molar refractivity (Wildman–Crippen MR) is 68.7 cm³/mol. The second-order valence-electron chi connectivity index (χ2n) is 4.86. The molecule has 1 unspecified atom stereocenters. The Kier molecular flexibility index (Phi) is 6.05. The molecule has 0 saturated carbocycles. The van der Waals surface area contributed by atoms with Crippen LogP contribution < -0.4 is 5.32 Å². The van der Waals surface area contributed by atoms with Crippen LogP contribution in [0.1, 0.15) is 43.7 Å². The van der Waals surface area contributed by atoms with Crippen molar-refractivity contribution >= 4 is 11.9 Å². The van der Waals surface area contributed by atoms with E-state index in [4.69, 9.17) is 9.63 Å². The van der Waals surface area contributed by atoms with E-state index in [1.54, 1.807) is 0 Å². The van der Waals surface area contributed by atoms with E-state index >= 15 is 0 Å². The lowest BCUT2D eigenvalue weighted by atomic mass is 9.88. The van der Waals surface area contributed by atoms with Crippen LogP contribution in [0.15, 0.2) is 16.8 Å². The number of nitrogens with zero attached hydrogens (tertiary/aromatic N) is 1. The summed E-state index contributed by atoms with van der Waals surface area (Å²) in [6.07, 6.45) is 2.97. The van der Waals surface area contributed by atoms with Crippen LogP contribution in [-0.4, -0.2) is 28.7 Å². The van der Waals surface area contributed by atoms with Gasteiger partial charge in [0.15, 0.2) is 0 Å². The summed E-state index contributed by atoms with van der Waals surface area (Å²) in [6, 6.07) is 1.50. The highest BCUT2D eigenvalue weighted by molar-refractivity contribution is 5.91. The Morgan fingerprint density at radius 1 is 1.42 bits per heavy atom. The van der Waals surface area contributed by atoms with Gasteiger partial charge in [0.2, 0.25) is 5.76 Å². The van der Waals surface area contributed by atoms with Crippen LogP contribution in [0.3, 0.4) is 0 Å². The zero-order valence-corrected chi connectivity index (χ0v) is 11.3. The number of aliphatic carboxylic acids is 1. The Bertz CT molecular complexity index is 401. The number of amides is 1. The minimum absolute atomic E-state index is 0.166. The third kappa shape index (κ3) is 5.54. The molecule has 0 aliphatic rings. The third-order valence-electron chi connectivity index (χ3n) is 3.13. The van der Waals surface area contributed by atoms with E-state index in [2.05, 4.69) is 24.3 Å². The molecule has 19 heavy (non-hydrogen) atoms. The van der Waals surface area contributed by atoms with Gasteiger partial charge < -0.3 is 14.9 Å². The summed E-state index contributed by atoms with van der Waals surface area (Å²) in [5.74, 6) is -0.214. The molecule has 0 radical (unpaired) electrons. The molecule has 0 spiro atoms. The molecule has 2 N–H and O–H groups in total. The number of carboxylic acid groups (broad SMARTS) is 1. The fraction of sp³-hybridized carbons (Fsp3) is 0.615. The molecule has 1 atom stereocenters. The van der Waals surface area contributed by atoms with Gasteiger partial charge in [-0.1, -0.05) is 19.0 Å². The highest BCUT2D eigenvalue weighted by Crippen LogP contribution is 2.20. The second-order valence-corrected chi connectivity index (χ2v) is 4.86. The summed E-state index contributed by atoms with van der Waals surface area (Å²) in [6.45, 7) is 4.62. The van der Waals surface area contributed by atoms with E-state index in [1.807, 2.05) is 0 Å². The van der Waals surface area contributed by atoms with Gasteiger partial charge in [-0.2, -0.15) is 0 Å². The van der Waals surface area contributed by atoms with Gasteiger partial charge in [0.1, 0.15) is 0 Å². The zero-order valence-electron chi connectivity index (χ0n) is 11.3. The van der Waals surface area contributed by atoms with Crippen molar-refractivity contribution in [1.29, 1.82) is 0 Å². The lowest BCUT2D eigenvalue weighted by Crippen LogP contribution is -2.26. The van der Waals surface area contributed by atoms with Crippen LogP contribution in [0.2, 0.25) is 0 Å². The average Bonchev–Trinajstić information content (AvgIpc) is 2.86. The van der Waals surface area contributed by atoms with Gasteiger partial charge in [-0.15, -0.1) is 0 Å². The standard InChI is InChI=1S/C13H20N2O4/c1-9(2)10(3-4-12(16)17)5-7-14-13(18)11-6-8-15-19-11/h6,8-10H,3-5,7H2,1-2H3,(H,14,18)(H,16,17). The largest absolute Gasteiger partial charge is 0.481 e. The van der Waals surface area contributed by atoms with Crippen LogP contribution in [0, 0.1) is 11.8 Å². The SMILES string of the molecule is CC(C)C(CCNC(=O)c1ccno1)CCC(=O)O. The Morgan fingerprint density at radius 3 is 2.68 bits per heavy atom. The van der Waals surface area contributed by atoms with E-state index < -0.39 is 5.97 Å². The molecule has 1 heterocycles. The smallest absolute Gasteiger partial charge is 0.303 e. The highest BCUT2D eigenvalue weighted by atomic mass is 16.5. The molecule has 6 nitrogen and oxygen atoms in total. The first-order valence-electron chi connectivity index (χ1n) is 6.41. The maximum atomic E-state index is 11.6. The summed E-state index contributed by atoms with van der Waals surface area (Å²) in [7, 11) is 0. The van der Waals surface area contributed by atoms with Crippen molar-refractivity contribution in [2.75, 3.05) is 6.54 Å². The van der Waals surface area contributed by atoms with Crippen LogP contribution in [0.4, 0.5) is 0 Å². The fourth-order valence-electron chi connectivity index (χ4n) is 1.91. The number of hydrogen-bond donors (Lipinski definition) is 2. The maximum Gasteiger partial charge on any atom is 0.303 e. The van der Waals surface area contributed by atoms with Crippen molar-refractivity contribution in [3.05, 3.63) is 18.0 Å². The molecule has 6 heteroatoms. The molecule has 1 aromatic heterocycles. The Hall–Kier alpha value is -1.85. The molecule has 0 bridgehead atoms. The van der Waals surface area contributed by atoms with E-state index in [0.29, 0.717) is 18.9 Å². The van der Waals surface area contributed by atoms with E-state index in [9.17, 15) is 9.59 Å². The molecule has 0 aromatic carbocycles. The number of nitrogens with one attached hydrogen (secondary N) is 1. The van der Waals surface area contributed by atoms with E-state index in [-0.39, 0.29) is 24.0 Å². The van der Waals surface area contributed by atoms with Crippen molar-refractivity contribution in [3.8, 4) is 0 Å². The van der Waals surface area contributed by atoms with Crippen LogP contribution in [0.5, 0.6) is 0 Å². The lowest BCUT2D eigenvalue weighted by Gasteiger charge is -2.19. The Labute approximate surface area is 112 Å². The number of aromatic nitrogens is 1. The molecule has 0 saturated heterocycles. The number of carbonyl (C=O) groups is 2. The molecule has 1 rings (SSSR count). The summed E-state index contributed by atoms with van der Waals surface area (Å²) in [4.78, 5) is 22.2. The maximum absolute atomic E-state index is 11.6. The monoisotopic (exact) mass is 268 g/mol. The van der Waals surface area contributed by atoms with Gasteiger partial charge in [-0.05, 0) is 24.7 Å². The van der Waals surface area contributed by atoms with E-state index in [1.165, 1.54) is 12.3 Å². The van der Waals surface area contributed by atoms with Crippen molar-refractivity contribution in [1.82, 2.24) is 10.5 Å². The summed E-state index contributed by atoms with van der Waals surface area (Å²) in [5.41, 5.74) is 0. The number of carboxylic acids is 1. The van der Waals surface area contributed by atoms with Gasteiger partial charge in [0, 0.05) is 19.0 Å². The molecule has 0 aliphatic carbocycles. The molecule has 1 aromatic rings. The summed E-state index contributed by atoms with van der Waals surface area (Å²) in [5, 5.41) is 14.9. The molecular formula is C13H20N2O4. The molecule has 106 valence electrons. The van der Waals surface area contributed by atoms with Gasteiger partial charge >= 0.3 is 5.97 Å². The normalized spacial score (nSPS) is 12.4. The number of carbonyl (C=O) groups excluding carboxylic acids is 1. The van der Waals surface area contributed by atoms with Crippen molar-refractivity contribution < 1.29 is 19.2 Å².